The fourth-order valence-electron chi connectivity index (χ4n) is 12.1. The van der Waals surface area contributed by atoms with Gasteiger partial charge in [0.25, 0.3) is 0 Å². The average Bonchev–Trinajstić information content (AvgIpc) is 4.31. The monoisotopic (exact) mass is 1140 g/mol. The van der Waals surface area contributed by atoms with Crippen molar-refractivity contribution in [3.8, 4) is 0 Å². The van der Waals surface area contributed by atoms with Gasteiger partial charge in [-0.25, -0.2) is 0 Å². The van der Waals surface area contributed by atoms with Crippen LogP contribution in [0.1, 0.15) is 157 Å². The number of fused-ring (bicyclic) bond motifs is 2. The van der Waals surface area contributed by atoms with E-state index in [1.165, 1.54) is 11.1 Å². The first kappa shape index (κ1) is 61.7. The molecule has 10 atom stereocenters. The molecule has 4 fully saturated rings. The Kier molecular flexibility index (Phi) is 22.5. The molecule has 3 unspecified atom stereocenters. The molecule has 0 aliphatic carbocycles. The summed E-state index contributed by atoms with van der Waals surface area (Å²) >= 11 is 0. The third kappa shape index (κ3) is 16.5. The average molecular weight is 1140 g/mol. The summed E-state index contributed by atoms with van der Waals surface area (Å²) in [5.41, 5.74) is 5.21. The van der Waals surface area contributed by atoms with Crippen LogP contribution in [-0.4, -0.2) is 141 Å². The number of rotatable bonds is 26. The highest BCUT2D eigenvalue weighted by Gasteiger charge is 2.46. The van der Waals surface area contributed by atoms with Crippen molar-refractivity contribution in [3.63, 3.8) is 0 Å². The number of benzene rings is 3. The van der Waals surface area contributed by atoms with Crippen molar-refractivity contribution in [2.24, 2.45) is 10.3 Å². The minimum Gasteiger partial charge on any atom is -0.343 e. The maximum Gasteiger partial charge on any atom is 0.246 e. The van der Waals surface area contributed by atoms with Gasteiger partial charge in [-0.3, -0.25) is 38.5 Å². The number of nitrogens with one attached hydrogen (secondary N) is 6. The van der Waals surface area contributed by atoms with Crippen molar-refractivity contribution in [2.45, 2.75) is 196 Å². The van der Waals surface area contributed by atoms with E-state index in [0.717, 1.165) is 101 Å². The van der Waals surface area contributed by atoms with Gasteiger partial charge in [0, 0.05) is 32.2 Å². The molecule has 6 amide bonds. The van der Waals surface area contributed by atoms with Crippen molar-refractivity contribution in [1.29, 1.82) is 0 Å². The van der Waals surface area contributed by atoms with Crippen molar-refractivity contribution < 1.29 is 28.8 Å². The lowest BCUT2D eigenvalue weighted by molar-refractivity contribution is -0.144. The maximum atomic E-state index is 14.3. The fourth-order valence-corrected chi connectivity index (χ4v) is 12.1. The standard InChI is InChI=1S/C63H88N14O6/c1-42(56(47-23-9-7-10-24-47)68-60(80)54-37-35-49-27-13-15-29-51(62(82)76(49)54)66-58(78)43(2)64-4)70-72-74(6)39-19-17-21-45-31-33-46(34-32-45)22-18-20-40-75-41-53(71-73-75)57(48-25-11-8-12-26-48)69-61(81)55-38-36-50-28-14-16-30-52(63(83)77(50)55)67-59(79)44(3)65-5/h7-12,23-26,31-34,41,43-44,49-52,54-57,64-65H,1,13-22,27-30,35-40H2,2-6H3,(H,66,78)(H,67,79)(H,68,80)(H,69,81)/b72-70-/t43-,44-,49?,50?,51-,52-,54-,55?,56+,57-/m0/s1. The van der Waals surface area contributed by atoms with E-state index in [9.17, 15) is 28.8 Å². The second-order valence-electron chi connectivity index (χ2n) is 23.1. The molecule has 446 valence electrons. The van der Waals surface area contributed by atoms with Gasteiger partial charge in [-0.05, 0) is 140 Å². The molecule has 1 aromatic heterocycles. The number of amides is 6. The third-order valence-electron chi connectivity index (χ3n) is 17.2. The zero-order valence-corrected chi connectivity index (χ0v) is 49.3. The number of carbonyl (C=O) groups is 6. The molecule has 5 heterocycles. The highest BCUT2D eigenvalue weighted by molar-refractivity contribution is 5.95. The van der Waals surface area contributed by atoms with E-state index in [1.807, 2.05) is 78.6 Å². The van der Waals surface area contributed by atoms with Crippen LogP contribution in [0.4, 0.5) is 0 Å². The summed E-state index contributed by atoms with van der Waals surface area (Å²) in [5.74, 6) is -1.38. The Morgan fingerprint density at radius 3 is 1.66 bits per heavy atom. The van der Waals surface area contributed by atoms with E-state index in [4.69, 9.17) is 0 Å². The lowest BCUT2D eigenvalue weighted by Gasteiger charge is -2.36. The second-order valence-corrected chi connectivity index (χ2v) is 23.1. The van der Waals surface area contributed by atoms with Crippen LogP contribution < -0.4 is 31.9 Å². The van der Waals surface area contributed by atoms with Crippen LogP contribution in [0.5, 0.6) is 0 Å². The molecule has 8 rings (SSSR count). The van der Waals surface area contributed by atoms with Crippen LogP contribution in [0, 0.1) is 0 Å². The normalized spacial score (nSPS) is 22.4. The number of hydrogen-bond donors (Lipinski definition) is 6. The smallest absolute Gasteiger partial charge is 0.246 e. The van der Waals surface area contributed by atoms with Crippen LogP contribution in [0.25, 0.3) is 0 Å². The zero-order chi connectivity index (χ0) is 58.8. The van der Waals surface area contributed by atoms with E-state index >= 15 is 0 Å². The van der Waals surface area contributed by atoms with E-state index in [1.54, 1.807) is 42.8 Å². The lowest BCUT2D eigenvalue weighted by Crippen LogP contribution is -2.58. The summed E-state index contributed by atoms with van der Waals surface area (Å²) in [6, 6.07) is 23.2. The van der Waals surface area contributed by atoms with E-state index in [0.29, 0.717) is 50.2 Å². The molecule has 20 heteroatoms. The van der Waals surface area contributed by atoms with Crippen molar-refractivity contribution >= 4 is 35.4 Å². The minimum absolute atomic E-state index is 0.0488. The van der Waals surface area contributed by atoms with Gasteiger partial charge in [0.2, 0.25) is 35.4 Å². The van der Waals surface area contributed by atoms with Crippen LogP contribution in [0.3, 0.4) is 0 Å². The number of carbonyl (C=O) groups excluding carboxylic acids is 6. The molecule has 0 spiro atoms. The first-order chi connectivity index (χ1) is 40.2. The molecule has 4 aromatic rings. The summed E-state index contributed by atoms with van der Waals surface area (Å²) < 4.78 is 1.84. The van der Waals surface area contributed by atoms with Gasteiger partial charge in [-0.15, -0.1) is 10.2 Å². The maximum absolute atomic E-state index is 14.3. The molecular weight excluding hydrogens is 1050 g/mol. The minimum atomic E-state index is -0.687. The lowest BCUT2D eigenvalue weighted by atomic mass is 9.98. The van der Waals surface area contributed by atoms with Gasteiger partial charge in [0.1, 0.15) is 29.9 Å². The van der Waals surface area contributed by atoms with Crippen LogP contribution in [0.15, 0.2) is 114 Å². The number of aromatic nitrogens is 3. The number of hydrogen-bond acceptors (Lipinski definition) is 12. The van der Waals surface area contributed by atoms with Gasteiger partial charge in [0.15, 0.2) is 0 Å². The summed E-state index contributed by atoms with van der Waals surface area (Å²) in [4.78, 5) is 85.8. The molecule has 4 saturated heterocycles. The molecule has 4 aliphatic rings. The van der Waals surface area contributed by atoms with Crippen LogP contribution in [0.2, 0.25) is 0 Å². The summed E-state index contributed by atoms with van der Waals surface area (Å²) in [6.45, 7) is 9.11. The molecule has 0 saturated carbocycles. The van der Waals surface area contributed by atoms with Gasteiger partial charge >= 0.3 is 0 Å². The first-order valence-corrected chi connectivity index (χ1v) is 30.3. The Balaban J connectivity index is 0.775. The highest BCUT2D eigenvalue weighted by atomic mass is 16.2. The molecule has 20 nitrogen and oxygen atoms in total. The first-order valence-electron chi connectivity index (χ1n) is 30.3. The second kappa shape index (κ2) is 30.3. The van der Waals surface area contributed by atoms with E-state index in [2.05, 4.69) is 83.4 Å². The topological polar surface area (TPSA) is 240 Å². The Hall–Kier alpha value is -7.32. The number of nitrogens with zero attached hydrogens (tertiary/aromatic N) is 8. The number of likely N-dealkylation sites (N-methyl/N-ethyl adjacent to an activating group) is 2. The number of unbranched alkanes of at least 4 members (excludes halogenated alkanes) is 2. The largest absolute Gasteiger partial charge is 0.343 e. The molecule has 83 heavy (non-hydrogen) atoms. The van der Waals surface area contributed by atoms with Crippen LogP contribution in [-0.2, 0) is 48.2 Å². The Labute approximate surface area is 489 Å². The Morgan fingerprint density at radius 2 is 1.13 bits per heavy atom. The van der Waals surface area contributed by atoms with Gasteiger partial charge in [0.05, 0.1) is 36.1 Å². The number of aryl methyl sites for hydroxylation is 3. The molecule has 0 bridgehead atoms. The van der Waals surface area contributed by atoms with E-state index in [-0.39, 0.29) is 47.5 Å². The summed E-state index contributed by atoms with van der Waals surface area (Å²) in [7, 11) is 5.30. The van der Waals surface area contributed by atoms with Crippen molar-refractivity contribution in [3.05, 3.63) is 131 Å². The fraction of sp³-hybridized carbons (Fsp3) is 0.556. The van der Waals surface area contributed by atoms with Gasteiger partial charge in [-0.1, -0.05) is 128 Å². The quantitative estimate of drug-likeness (QED) is 0.0224. The molecule has 3 aromatic carbocycles. The van der Waals surface area contributed by atoms with Crippen molar-refractivity contribution in [1.82, 2.24) is 61.7 Å². The van der Waals surface area contributed by atoms with Crippen molar-refractivity contribution in [2.75, 3.05) is 27.7 Å². The van der Waals surface area contributed by atoms with E-state index < -0.39 is 48.3 Å². The van der Waals surface area contributed by atoms with Gasteiger partial charge in [-0.2, -0.15) is 0 Å². The molecular formula is C63H88N14O6. The Morgan fingerprint density at radius 1 is 0.639 bits per heavy atom. The third-order valence-corrected chi connectivity index (χ3v) is 17.2. The Bertz CT molecular complexity index is 2830. The highest BCUT2D eigenvalue weighted by Crippen LogP contribution is 2.35. The SMILES string of the molecule is C=C(/N=N\N(C)CCCCc1ccc(CCCCn2cc([C@@H](NC(=O)C3CCC4CCCC[C@H](NC(=O)[C@H](C)NC)C(=O)N43)c3ccccc3)nn2)cc1)[C@@H](NC(=O)[C@@H]1CCC2CCCC[C@H](NC(=O)[C@H](C)NC)C(=O)N21)c1ccccc1. The zero-order valence-electron chi connectivity index (χ0n) is 49.3. The predicted molar refractivity (Wildman–Crippen MR) is 318 cm³/mol. The molecule has 6 N–H and O–H groups in total. The predicted octanol–water partition coefficient (Wildman–Crippen LogP) is 6.55. The molecule has 4 aliphatic heterocycles. The van der Waals surface area contributed by atoms with Crippen LogP contribution >= 0.6 is 0 Å². The summed E-state index contributed by atoms with van der Waals surface area (Å²) in [5, 5.41) is 38.0. The summed E-state index contributed by atoms with van der Waals surface area (Å²) in [6.07, 6.45) is 16.3. The molecule has 0 radical (unpaired) electrons. The van der Waals surface area contributed by atoms with Gasteiger partial charge < -0.3 is 41.7 Å².